The standard InChI is InChI=1S/C13H14ClF3N2O/c14-8-5-6-18-11(7-8)12(20)19-10-4-2-1-3-9(10)13(15,16)17/h5-7,9-10H,1-4H2,(H,19,20). The second-order valence-corrected chi connectivity index (χ2v) is 5.31. The summed E-state index contributed by atoms with van der Waals surface area (Å²) in [5.41, 5.74) is 0.0315. The van der Waals surface area contributed by atoms with E-state index in [9.17, 15) is 18.0 Å². The lowest BCUT2D eigenvalue weighted by atomic mass is 9.84. The Morgan fingerprint density at radius 1 is 1.35 bits per heavy atom. The monoisotopic (exact) mass is 306 g/mol. The molecule has 1 aromatic rings. The molecule has 20 heavy (non-hydrogen) atoms. The molecule has 1 fully saturated rings. The minimum Gasteiger partial charge on any atom is -0.347 e. The molecule has 2 atom stereocenters. The lowest BCUT2D eigenvalue weighted by Crippen LogP contribution is -2.47. The number of aromatic nitrogens is 1. The van der Waals surface area contributed by atoms with Gasteiger partial charge in [0.15, 0.2) is 0 Å². The minimum atomic E-state index is -4.29. The van der Waals surface area contributed by atoms with Gasteiger partial charge < -0.3 is 5.32 Å². The number of alkyl halides is 3. The van der Waals surface area contributed by atoms with Gasteiger partial charge in [-0.25, -0.2) is 0 Å². The highest BCUT2D eigenvalue weighted by molar-refractivity contribution is 6.30. The number of carbonyl (C=O) groups is 1. The second kappa shape index (κ2) is 5.99. The summed E-state index contributed by atoms with van der Waals surface area (Å²) in [6.07, 6.45) is -1.35. The summed E-state index contributed by atoms with van der Waals surface area (Å²) in [4.78, 5) is 15.8. The molecule has 0 aliphatic heterocycles. The molecule has 1 amide bonds. The first-order chi connectivity index (χ1) is 9.38. The Bertz CT molecular complexity index is 493. The highest BCUT2D eigenvalue weighted by atomic mass is 35.5. The maximum atomic E-state index is 12.9. The summed E-state index contributed by atoms with van der Waals surface area (Å²) in [7, 11) is 0. The van der Waals surface area contributed by atoms with Crippen molar-refractivity contribution in [1.82, 2.24) is 10.3 Å². The summed E-state index contributed by atoms with van der Waals surface area (Å²) >= 11 is 5.73. The zero-order valence-electron chi connectivity index (χ0n) is 10.6. The number of nitrogens with one attached hydrogen (secondary N) is 1. The van der Waals surface area contributed by atoms with Crippen LogP contribution in [-0.4, -0.2) is 23.1 Å². The van der Waals surface area contributed by atoms with Gasteiger partial charge in [-0.3, -0.25) is 9.78 Å². The van der Waals surface area contributed by atoms with Crippen molar-refractivity contribution in [1.29, 1.82) is 0 Å². The van der Waals surface area contributed by atoms with Crippen molar-refractivity contribution in [2.75, 3.05) is 0 Å². The molecule has 1 aromatic heterocycles. The van der Waals surface area contributed by atoms with Crippen molar-refractivity contribution >= 4 is 17.5 Å². The van der Waals surface area contributed by atoms with Gasteiger partial charge in [0.25, 0.3) is 5.91 Å². The lowest BCUT2D eigenvalue weighted by Gasteiger charge is -2.33. The molecule has 0 saturated heterocycles. The van der Waals surface area contributed by atoms with Crippen LogP contribution in [-0.2, 0) is 0 Å². The van der Waals surface area contributed by atoms with Gasteiger partial charge in [0, 0.05) is 17.3 Å². The van der Waals surface area contributed by atoms with Crippen LogP contribution >= 0.6 is 11.6 Å². The van der Waals surface area contributed by atoms with Crippen molar-refractivity contribution in [2.24, 2.45) is 5.92 Å². The van der Waals surface area contributed by atoms with E-state index in [0.29, 0.717) is 24.3 Å². The predicted molar refractivity (Wildman–Crippen MR) is 68.5 cm³/mol. The molecule has 1 aliphatic carbocycles. The highest BCUT2D eigenvalue weighted by Gasteiger charge is 2.46. The van der Waals surface area contributed by atoms with Crippen LogP contribution in [0.3, 0.4) is 0 Å². The van der Waals surface area contributed by atoms with E-state index in [4.69, 9.17) is 11.6 Å². The Balaban J connectivity index is 2.09. The summed E-state index contributed by atoms with van der Waals surface area (Å²) in [6.45, 7) is 0. The number of hydrogen-bond acceptors (Lipinski definition) is 2. The van der Waals surface area contributed by atoms with E-state index >= 15 is 0 Å². The molecule has 0 radical (unpaired) electrons. The van der Waals surface area contributed by atoms with Crippen LogP contribution in [0.2, 0.25) is 5.02 Å². The average Bonchev–Trinajstić information content (AvgIpc) is 2.38. The molecular formula is C13H14ClF3N2O. The number of hydrogen-bond donors (Lipinski definition) is 1. The molecule has 0 bridgehead atoms. The third kappa shape index (κ3) is 3.62. The maximum Gasteiger partial charge on any atom is 0.393 e. The first-order valence-electron chi connectivity index (χ1n) is 6.37. The van der Waals surface area contributed by atoms with Gasteiger partial charge in [0.05, 0.1) is 5.92 Å². The molecule has 1 saturated carbocycles. The van der Waals surface area contributed by atoms with E-state index in [0.717, 1.165) is 0 Å². The van der Waals surface area contributed by atoms with Crippen LogP contribution in [0.15, 0.2) is 18.3 Å². The van der Waals surface area contributed by atoms with Crippen LogP contribution in [0.5, 0.6) is 0 Å². The fourth-order valence-electron chi connectivity index (χ4n) is 2.47. The molecule has 1 aliphatic rings. The van der Waals surface area contributed by atoms with E-state index in [1.165, 1.54) is 18.3 Å². The van der Waals surface area contributed by atoms with Gasteiger partial charge in [-0.05, 0) is 25.0 Å². The smallest absolute Gasteiger partial charge is 0.347 e. The Morgan fingerprint density at radius 2 is 2.05 bits per heavy atom. The van der Waals surface area contributed by atoms with Crippen molar-refractivity contribution in [3.05, 3.63) is 29.0 Å². The van der Waals surface area contributed by atoms with Gasteiger partial charge in [-0.15, -0.1) is 0 Å². The van der Waals surface area contributed by atoms with Crippen LogP contribution in [0.25, 0.3) is 0 Å². The quantitative estimate of drug-likeness (QED) is 0.907. The summed E-state index contributed by atoms with van der Waals surface area (Å²) < 4.78 is 38.8. The van der Waals surface area contributed by atoms with E-state index in [2.05, 4.69) is 10.3 Å². The summed E-state index contributed by atoms with van der Waals surface area (Å²) in [5, 5.41) is 2.76. The highest BCUT2D eigenvalue weighted by Crippen LogP contribution is 2.37. The molecule has 110 valence electrons. The van der Waals surface area contributed by atoms with Gasteiger partial charge in [0.2, 0.25) is 0 Å². The van der Waals surface area contributed by atoms with Gasteiger partial charge in [-0.1, -0.05) is 24.4 Å². The predicted octanol–water partition coefficient (Wildman–Crippen LogP) is 3.59. The average molecular weight is 307 g/mol. The van der Waals surface area contributed by atoms with Crippen LogP contribution in [0.1, 0.15) is 36.2 Å². The van der Waals surface area contributed by atoms with E-state index in [-0.39, 0.29) is 12.1 Å². The molecule has 7 heteroatoms. The largest absolute Gasteiger partial charge is 0.393 e. The maximum absolute atomic E-state index is 12.9. The van der Waals surface area contributed by atoms with E-state index in [1.807, 2.05) is 0 Å². The van der Waals surface area contributed by atoms with Crippen molar-refractivity contribution < 1.29 is 18.0 Å². The second-order valence-electron chi connectivity index (χ2n) is 4.87. The molecular weight excluding hydrogens is 293 g/mol. The zero-order chi connectivity index (χ0) is 14.8. The lowest BCUT2D eigenvalue weighted by molar-refractivity contribution is -0.187. The number of nitrogens with zero attached hydrogens (tertiary/aromatic N) is 1. The molecule has 2 rings (SSSR count). The topological polar surface area (TPSA) is 42.0 Å². The molecule has 0 spiro atoms. The minimum absolute atomic E-state index is 0.0315. The Kier molecular flexibility index (Phi) is 4.52. The van der Waals surface area contributed by atoms with Crippen molar-refractivity contribution in [3.63, 3.8) is 0 Å². The summed E-state index contributed by atoms with van der Waals surface area (Å²) in [6, 6.07) is 1.94. The molecule has 1 heterocycles. The SMILES string of the molecule is O=C(NC1CCCCC1C(F)(F)F)c1cc(Cl)ccn1. The van der Waals surface area contributed by atoms with Crippen molar-refractivity contribution in [3.8, 4) is 0 Å². The number of pyridine rings is 1. The number of rotatable bonds is 2. The fourth-order valence-corrected chi connectivity index (χ4v) is 2.63. The first-order valence-corrected chi connectivity index (χ1v) is 6.75. The van der Waals surface area contributed by atoms with Gasteiger partial charge in [0.1, 0.15) is 5.69 Å². The zero-order valence-corrected chi connectivity index (χ0v) is 11.3. The molecule has 2 unspecified atom stereocenters. The first kappa shape index (κ1) is 15.1. The number of halogens is 4. The van der Waals surface area contributed by atoms with Crippen LogP contribution in [0.4, 0.5) is 13.2 Å². The Hall–Kier alpha value is -1.30. The normalized spacial score (nSPS) is 23.4. The summed E-state index contributed by atoms with van der Waals surface area (Å²) in [5.74, 6) is -2.10. The van der Waals surface area contributed by atoms with Gasteiger partial charge >= 0.3 is 6.18 Å². The van der Waals surface area contributed by atoms with Crippen LogP contribution < -0.4 is 5.32 Å². The Morgan fingerprint density at radius 3 is 2.70 bits per heavy atom. The Labute approximate surface area is 119 Å². The van der Waals surface area contributed by atoms with E-state index < -0.39 is 24.0 Å². The third-order valence-corrected chi connectivity index (χ3v) is 3.69. The molecule has 1 N–H and O–H groups in total. The van der Waals surface area contributed by atoms with Crippen molar-refractivity contribution in [2.45, 2.75) is 37.9 Å². The van der Waals surface area contributed by atoms with E-state index in [1.54, 1.807) is 0 Å². The van der Waals surface area contributed by atoms with Crippen LogP contribution in [0, 0.1) is 5.92 Å². The number of carbonyl (C=O) groups excluding carboxylic acids is 1. The molecule has 3 nitrogen and oxygen atoms in total. The third-order valence-electron chi connectivity index (χ3n) is 3.46. The van der Waals surface area contributed by atoms with Gasteiger partial charge in [-0.2, -0.15) is 13.2 Å². The molecule has 0 aromatic carbocycles. The fraction of sp³-hybridized carbons (Fsp3) is 0.538. The number of amides is 1.